The van der Waals surface area contributed by atoms with Crippen molar-refractivity contribution in [2.45, 2.75) is 38.2 Å². The zero-order chi connectivity index (χ0) is 34.7. The summed E-state index contributed by atoms with van der Waals surface area (Å²) in [6, 6.07) is 20.8. The molecule has 0 N–H and O–H groups in total. The second kappa shape index (κ2) is 15.0. The third-order valence-electron chi connectivity index (χ3n) is 9.27. The Morgan fingerprint density at radius 3 is 2.28 bits per heavy atom. The number of piperazine rings is 1. The Morgan fingerprint density at radius 1 is 0.960 bits per heavy atom. The van der Waals surface area contributed by atoms with Crippen molar-refractivity contribution >= 4 is 46.3 Å². The topological polar surface area (TPSA) is 95.6 Å². The summed E-state index contributed by atoms with van der Waals surface area (Å²) in [6.07, 6.45) is 6.87. The second-order valence-electron chi connectivity index (χ2n) is 12.7. The molecule has 2 atom stereocenters. The van der Waals surface area contributed by atoms with Gasteiger partial charge in [-0.25, -0.2) is 4.98 Å². The summed E-state index contributed by atoms with van der Waals surface area (Å²) >= 11 is 12.8. The summed E-state index contributed by atoms with van der Waals surface area (Å²) in [6.45, 7) is 7.28. The molecule has 7 rings (SSSR count). The minimum Gasteiger partial charge on any atom is -0.491 e. The highest BCUT2D eigenvalue weighted by molar-refractivity contribution is 6.35. The normalized spacial score (nSPS) is 21.4. The molecule has 0 radical (unpaired) electrons. The van der Waals surface area contributed by atoms with Crippen LogP contribution in [0.15, 0.2) is 85.5 Å². The van der Waals surface area contributed by atoms with Crippen LogP contribution in [0, 0.1) is 4.91 Å². The van der Waals surface area contributed by atoms with E-state index in [-0.39, 0.29) is 12.8 Å². The number of anilines is 3. The van der Waals surface area contributed by atoms with E-state index >= 15 is 0 Å². The van der Waals surface area contributed by atoms with Crippen LogP contribution < -0.4 is 19.5 Å². The van der Waals surface area contributed by atoms with Gasteiger partial charge in [-0.3, -0.25) is 0 Å². The molecule has 2 amide bonds. The van der Waals surface area contributed by atoms with Gasteiger partial charge in [0.15, 0.2) is 5.69 Å². The molecular weight excluding hydrogens is 681 g/mol. The number of hydrogen-bond acceptors (Lipinski definition) is 9. The third kappa shape index (κ3) is 7.31. The molecule has 3 saturated heterocycles. The molecule has 3 aromatic carbocycles. The molecule has 14 heteroatoms. The number of carbonyl (C=O) groups excluding carboxylic acids is 1. The van der Waals surface area contributed by atoms with Crippen LogP contribution in [0.4, 0.5) is 21.9 Å². The molecule has 1 aromatic heterocycles. The van der Waals surface area contributed by atoms with Gasteiger partial charge in [0.2, 0.25) is 12.5 Å². The van der Waals surface area contributed by atoms with Gasteiger partial charge < -0.3 is 28.6 Å². The van der Waals surface area contributed by atoms with Crippen molar-refractivity contribution in [1.82, 2.24) is 14.6 Å². The summed E-state index contributed by atoms with van der Waals surface area (Å²) < 4.78 is 21.4. The first-order chi connectivity index (χ1) is 24.3. The van der Waals surface area contributed by atoms with Crippen molar-refractivity contribution < 1.29 is 23.8 Å². The molecule has 0 aliphatic carbocycles. The maximum atomic E-state index is 12.5. The highest BCUT2D eigenvalue weighted by Gasteiger charge is 2.47. The van der Waals surface area contributed by atoms with Gasteiger partial charge in [-0.2, -0.15) is 4.79 Å². The van der Waals surface area contributed by atoms with Gasteiger partial charge in [-0.1, -0.05) is 52.5 Å². The lowest BCUT2D eigenvalue weighted by atomic mass is 10.1. The molecule has 3 aliphatic rings. The van der Waals surface area contributed by atoms with E-state index in [1.54, 1.807) is 24.7 Å². The summed E-state index contributed by atoms with van der Waals surface area (Å²) in [4.78, 5) is 33.5. The van der Waals surface area contributed by atoms with E-state index in [2.05, 4.69) is 33.8 Å². The van der Waals surface area contributed by atoms with Crippen LogP contribution in [-0.4, -0.2) is 84.1 Å². The second-order valence-corrected chi connectivity index (χ2v) is 13.5. The first-order valence-corrected chi connectivity index (χ1v) is 17.7. The summed E-state index contributed by atoms with van der Waals surface area (Å²) in [5.74, 6) is -0.357. The van der Waals surface area contributed by atoms with Gasteiger partial charge in [-0.05, 0) is 67.1 Å². The molecule has 2 unspecified atom stereocenters. The van der Waals surface area contributed by atoms with Crippen molar-refractivity contribution in [2.24, 2.45) is 0 Å². The van der Waals surface area contributed by atoms with Crippen LogP contribution in [0.25, 0.3) is 0 Å². The monoisotopic (exact) mass is 720 g/mol. The quantitative estimate of drug-likeness (QED) is 0.151. The van der Waals surface area contributed by atoms with Gasteiger partial charge in [0.05, 0.1) is 24.5 Å². The van der Waals surface area contributed by atoms with E-state index in [0.717, 1.165) is 56.1 Å². The molecule has 4 aromatic rings. The number of nitroso groups, excluding NO2 is 1. The van der Waals surface area contributed by atoms with Crippen LogP contribution in [0.2, 0.25) is 10.0 Å². The van der Waals surface area contributed by atoms with Crippen LogP contribution in [0.1, 0.15) is 25.3 Å². The Hall–Kier alpha value is -4.20. The maximum absolute atomic E-state index is 12.5. The van der Waals surface area contributed by atoms with Crippen molar-refractivity contribution in [3.8, 4) is 5.75 Å². The number of rotatable bonds is 12. The maximum Gasteiger partial charge on any atom is 0.557 e. The minimum absolute atomic E-state index is 0.0641. The smallest absolute Gasteiger partial charge is 0.491 e. The van der Waals surface area contributed by atoms with Gasteiger partial charge in [-0.15, -0.1) is 5.01 Å². The van der Waals surface area contributed by atoms with E-state index in [1.165, 1.54) is 5.01 Å². The van der Waals surface area contributed by atoms with E-state index in [1.807, 2.05) is 58.2 Å². The highest BCUT2D eigenvalue weighted by atomic mass is 35.5. The number of hydrogen-bond donors (Lipinski definition) is 0. The van der Waals surface area contributed by atoms with Crippen molar-refractivity contribution in [2.75, 3.05) is 67.4 Å². The molecule has 3 fully saturated rings. The van der Waals surface area contributed by atoms with E-state index in [0.29, 0.717) is 52.4 Å². The number of amides is 2. The minimum atomic E-state index is -1.10. The molecule has 0 bridgehead atoms. The lowest BCUT2D eigenvalue weighted by Crippen LogP contribution is -2.46. The number of aromatic nitrogens is 2. The summed E-state index contributed by atoms with van der Waals surface area (Å²) in [5, 5.41) is 4.32. The van der Waals surface area contributed by atoms with E-state index in [9.17, 15) is 9.70 Å². The van der Waals surface area contributed by atoms with Gasteiger partial charge in [0.1, 0.15) is 18.5 Å². The van der Waals surface area contributed by atoms with E-state index in [4.69, 9.17) is 37.4 Å². The van der Waals surface area contributed by atoms with Crippen LogP contribution in [0.3, 0.4) is 0 Å². The van der Waals surface area contributed by atoms with Gasteiger partial charge >= 0.3 is 6.03 Å². The average Bonchev–Trinajstić information content (AvgIpc) is 3.87. The zero-order valence-corrected chi connectivity index (χ0v) is 29.4. The first-order valence-electron chi connectivity index (χ1n) is 16.9. The predicted octanol–water partition coefficient (Wildman–Crippen LogP) is 6.56. The summed E-state index contributed by atoms with van der Waals surface area (Å²) in [7, 11) is 0. The van der Waals surface area contributed by atoms with Crippen molar-refractivity contribution in [3.63, 3.8) is 0 Å². The standard InChI is InChI=1S/C36H40Cl2N7O5/c1-2-3-15-43-26-44(47)35(46)45(43)30-7-5-28(6-8-30)41-17-19-42(20-18-41)29-9-11-31(12-10-29)48-22-32-23-49-36(50-32,24-40-16-14-39-25-40)33-13-4-27(37)21-34(33)38/h4-14,16,21,25,32H,2-3,15,17-20,22-24,26H2,1H3/q+1. The molecular formula is C36H40Cl2N7O5+. The number of imidazole rings is 1. The van der Waals surface area contributed by atoms with Gasteiger partial charge in [0.25, 0.3) is 0 Å². The molecule has 0 saturated carbocycles. The van der Waals surface area contributed by atoms with Gasteiger partial charge in [0, 0.05) is 71.8 Å². The highest BCUT2D eigenvalue weighted by Crippen LogP contribution is 2.40. The molecule has 262 valence electrons. The molecule has 3 aliphatic heterocycles. The number of carbonyl (C=O) groups is 1. The predicted molar refractivity (Wildman–Crippen MR) is 192 cm³/mol. The molecule has 12 nitrogen and oxygen atoms in total. The Labute approximate surface area is 301 Å². The van der Waals surface area contributed by atoms with Crippen LogP contribution >= 0.6 is 23.2 Å². The number of ether oxygens (including phenoxy) is 3. The Balaban J connectivity index is 0.918. The largest absolute Gasteiger partial charge is 0.557 e. The Bertz CT molecular complexity index is 1790. The molecule has 0 spiro atoms. The number of nitrogens with zero attached hydrogens (tertiary/aromatic N) is 7. The molecule has 50 heavy (non-hydrogen) atoms. The number of hydrazine groups is 1. The number of benzene rings is 3. The fourth-order valence-electron chi connectivity index (χ4n) is 6.63. The first kappa shape index (κ1) is 34.3. The lowest BCUT2D eigenvalue weighted by molar-refractivity contribution is -0.448. The van der Waals surface area contributed by atoms with Crippen molar-refractivity contribution in [1.29, 1.82) is 0 Å². The number of halogens is 2. The third-order valence-corrected chi connectivity index (χ3v) is 9.81. The Kier molecular flexibility index (Phi) is 10.2. The van der Waals surface area contributed by atoms with Crippen molar-refractivity contribution in [3.05, 3.63) is 106 Å². The number of urea groups is 1. The summed E-state index contributed by atoms with van der Waals surface area (Å²) in [5.41, 5.74) is 3.63. The average molecular weight is 722 g/mol. The van der Waals surface area contributed by atoms with Crippen LogP contribution in [0.5, 0.6) is 5.75 Å². The fourth-order valence-corrected chi connectivity index (χ4v) is 7.18. The zero-order valence-electron chi connectivity index (χ0n) is 27.9. The fraction of sp³-hybridized carbons (Fsp3) is 0.389. The Morgan fingerprint density at radius 2 is 1.64 bits per heavy atom. The van der Waals surface area contributed by atoms with Crippen LogP contribution in [-0.2, 0) is 21.8 Å². The lowest BCUT2D eigenvalue weighted by Gasteiger charge is -2.37. The van der Waals surface area contributed by atoms with E-state index < -0.39 is 11.8 Å². The SMILES string of the molecule is CCCCN1C[N+](=O)C(=O)N1c1ccc(N2CCN(c3ccc(OCC4COC(Cn5ccnc5)(c5ccc(Cl)cc5Cl)O4)cc3)CC2)cc1. The molecule has 4 heterocycles. The number of unbranched alkanes of at least 4 members (excludes halogenated alkanes) is 1.